The van der Waals surface area contributed by atoms with Gasteiger partial charge in [-0.05, 0) is 17.7 Å². The molecular weight excluding hydrogens is 498 g/mol. The van der Waals surface area contributed by atoms with Crippen LogP contribution in [0.15, 0.2) is 48.5 Å². The van der Waals surface area contributed by atoms with E-state index < -0.39 is 48.2 Å². The Bertz CT molecular complexity index is 1100. The van der Waals surface area contributed by atoms with Crippen LogP contribution in [0.2, 0.25) is 5.02 Å². The molecule has 2 aromatic rings. The minimum Gasteiger partial charge on any atom is -0.493 e. The first-order chi connectivity index (χ1) is 17.1. The van der Waals surface area contributed by atoms with E-state index in [0.29, 0.717) is 22.1 Å². The van der Waals surface area contributed by atoms with E-state index >= 15 is 0 Å². The summed E-state index contributed by atoms with van der Waals surface area (Å²) in [5.74, 6) is -4.61. The zero-order chi connectivity index (χ0) is 26.5. The molecular formula is C24H26ClNO10. The molecule has 0 amide bonds. The molecule has 194 valence electrons. The summed E-state index contributed by atoms with van der Waals surface area (Å²) in [5, 5.41) is 39.7. The summed E-state index contributed by atoms with van der Waals surface area (Å²) in [4.78, 5) is 36.4. The SMILES string of the molecule is COc1cc(Cl)ccc1O[C@@H](c1ccccc1)C1CN([C@H](C(=O)O)C(O)(CC(=O)O)C(=O)O)CCO1. The van der Waals surface area contributed by atoms with Crippen LogP contribution in [0.25, 0.3) is 0 Å². The lowest BCUT2D eigenvalue weighted by Gasteiger charge is -2.42. The van der Waals surface area contributed by atoms with Gasteiger partial charge in [0.25, 0.3) is 0 Å². The smallest absolute Gasteiger partial charge is 0.338 e. The van der Waals surface area contributed by atoms with Crippen molar-refractivity contribution >= 4 is 29.5 Å². The van der Waals surface area contributed by atoms with Crippen molar-refractivity contribution in [3.63, 3.8) is 0 Å². The normalized spacial score (nSPS) is 19.5. The highest BCUT2D eigenvalue weighted by Crippen LogP contribution is 2.36. The van der Waals surface area contributed by atoms with Crippen molar-refractivity contribution in [3.8, 4) is 11.5 Å². The molecule has 36 heavy (non-hydrogen) atoms. The molecule has 1 heterocycles. The second-order valence-corrected chi connectivity index (χ2v) is 8.63. The summed E-state index contributed by atoms with van der Waals surface area (Å²) in [6, 6.07) is 11.6. The molecule has 11 nitrogen and oxygen atoms in total. The molecule has 12 heteroatoms. The van der Waals surface area contributed by atoms with Crippen molar-refractivity contribution in [1.82, 2.24) is 4.90 Å². The third-order valence-electron chi connectivity index (χ3n) is 5.81. The molecule has 1 fully saturated rings. The monoisotopic (exact) mass is 523 g/mol. The average Bonchev–Trinajstić information content (AvgIpc) is 2.83. The zero-order valence-corrected chi connectivity index (χ0v) is 20.0. The Hall–Kier alpha value is -3.38. The Labute approximate surface area is 211 Å². The van der Waals surface area contributed by atoms with E-state index in [4.69, 9.17) is 30.9 Å². The minimum atomic E-state index is -3.08. The van der Waals surface area contributed by atoms with Gasteiger partial charge in [0.15, 0.2) is 23.2 Å². The number of carboxylic acids is 3. The molecule has 0 spiro atoms. The van der Waals surface area contributed by atoms with E-state index in [2.05, 4.69) is 0 Å². The predicted molar refractivity (Wildman–Crippen MR) is 125 cm³/mol. The molecule has 0 aliphatic carbocycles. The van der Waals surface area contributed by atoms with Gasteiger partial charge in [-0.3, -0.25) is 14.5 Å². The van der Waals surface area contributed by atoms with Crippen molar-refractivity contribution in [2.45, 2.75) is 30.3 Å². The molecule has 0 bridgehead atoms. The Morgan fingerprint density at radius 2 is 1.83 bits per heavy atom. The van der Waals surface area contributed by atoms with Crippen LogP contribution in [0.3, 0.4) is 0 Å². The first-order valence-corrected chi connectivity index (χ1v) is 11.3. The van der Waals surface area contributed by atoms with E-state index in [1.165, 1.54) is 12.0 Å². The molecule has 4 atom stereocenters. The molecule has 2 aromatic carbocycles. The van der Waals surface area contributed by atoms with Gasteiger partial charge in [0, 0.05) is 24.2 Å². The number of methoxy groups -OCH3 is 1. The molecule has 1 saturated heterocycles. The lowest BCUT2D eigenvalue weighted by Crippen LogP contribution is -2.65. The number of carboxylic acid groups (broad SMARTS) is 3. The summed E-state index contributed by atoms with van der Waals surface area (Å²) in [6.07, 6.45) is -2.94. The summed E-state index contributed by atoms with van der Waals surface area (Å²) < 4.78 is 17.5. The van der Waals surface area contributed by atoms with E-state index in [1.54, 1.807) is 48.5 Å². The van der Waals surface area contributed by atoms with E-state index in [1.807, 2.05) is 0 Å². The fraction of sp³-hybridized carbons (Fsp3) is 0.375. The standard InChI is InChI=1S/C24H26ClNO10/c1-34-17-11-15(25)7-8-16(17)36-20(14-5-3-2-4-6-14)18-13-26(9-10-35-18)21(22(29)30)24(33,23(31)32)12-19(27)28/h2-8,11,18,20-21,33H,9-10,12-13H2,1H3,(H,27,28)(H,29,30)(H,31,32)/t18?,20-,21+,24?/m0/s1. The maximum absolute atomic E-state index is 12.1. The molecule has 1 aliphatic heterocycles. The molecule has 0 radical (unpaired) electrons. The second kappa shape index (κ2) is 11.6. The van der Waals surface area contributed by atoms with Crippen molar-refractivity contribution in [3.05, 3.63) is 59.1 Å². The number of nitrogens with zero attached hydrogens (tertiary/aromatic N) is 1. The number of aliphatic carboxylic acids is 3. The van der Waals surface area contributed by atoms with Gasteiger partial charge in [0.1, 0.15) is 12.1 Å². The van der Waals surface area contributed by atoms with Crippen molar-refractivity contribution in [2.75, 3.05) is 26.8 Å². The number of benzene rings is 2. The van der Waals surface area contributed by atoms with Gasteiger partial charge in [-0.15, -0.1) is 0 Å². The van der Waals surface area contributed by atoms with E-state index in [-0.39, 0.29) is 19.7 Å². The van der Waals surface area contributed by atoms with Gasteiger partial charge in [-0.25, -0.2) is 4.79 Å². The minimum absolute atomic E-state index is 0.0261. The summed E-state index contributed by atoms with van der Waals surface area (Å²) >= 11 is 6.05. The summed E-state index contributed by atoms with van der Waals surface area (Å²) in [6.45, 7) is -0.266. The number of rotatable bonds is 11. The van der Waals surface area contributed by atoms with Crippen LogP contribution in [-0.2, 0) is 19.1 Å². The predicted octanol–water partition coefficient (Wildman–Crippen LogP) is 1.91. The van der Waals surface area contributed by atoms with Crippen LogP contribution in [0.5, 0.6) is 11.5 Å². The molecule has 0 saturated carbocycles. The van der Waals surface area contributed by atoms with Crippen LogP contribution in [0.1, 0.15) is 18.1 Å². The molecule has 0 aromatic heterocycles. The fourth-order valence-corrected chi connectivity index (χ4v) is 4.34. The molecule has 1 aliphatic rings. The molecule has 4 N–H and O–H groups in total. The largest absolute Gasteiger partial charge is 0.493 e. The highest BCUT2D eigenvalue weighted by Gasteiger charge is 2.54. The summed E-state index contributed by atoms with van der Waals surface area (Å²) in [7, 11) is 1.45. The Morgan fingerprint density at radius 1 is 1.14 bits per heavy atom. The number of hydrogen-bond acceptors (Lipinski definition) is 8. The van der Waals surface area contributed by atoms with Crippen molar-refractivity contribution in [2.24, 2.45) is 0 Å². The first-order valence-electron chi connectivity index (χ1n) is 10.9. The molecule has 2 unspecified atom stereocenters. The van der Waals surface area contributed by atoms with E-state index in [9.17, 15) is 29.7 Å². The lowest BCUT2D eigenvalue weighted by atomic mass is 9.88. The fourth-order valence-electron chi connectivity index (χ4n) is 4.17. The Kier molecular flexibility index (Phi) is 8.75. The average molecular weight is 524 g/mol. The third kappa shape index (κ3) is 6.05. The highest BCUT2D eigenvalue weighted by molar-refractivity contribution is 6.30. The number of carbonyl (C=O) groups is 3. The Morgan fingerprint density at radius 3 is 2.42 bits per heavy atom. The zero-order valence-electron chi connectivity index (χ0n) is 19.2. The van der Waals surface area contributed by atoms with Crippen LogP contribution in [0.4, 0.5) is 0 Å². The van der Waals surface area contributed by atoms with Gasteiger partial charge in [-0.1, -0.05) is 41.9 Å². The van der Waals surface area contributed by atoms with Crippen LogP contribution in [-0.4, -0.2) is 87.8 Å². The number of halogens is 1. The first kappa shape index (κ1) is 27.2. The number of morpholine rings is 1. The van der Waals surface area contributed by atoms with Crippen LogP contribution < -0.4 is 9.47 Å². The quantitative estimate of drug-likeness (QED) is 0.340. The van der Waals surface area contributed by atoms with Gasteiger partial charge in [0.2, 0.25) is 0 Å². The number of ether oxygens (including phenoxy) is 3. The van der Waals surface area contributed by atoms with E-state index in [0.717, 1.165) is 0 Å². The van der Waals surface area contributed by atoms with Crippen LogP contribution in [0, 0.1) is 0 Å². The summed E-state index contributed by atoms with van der Waals surface area (Å²) in [5.41, 5.74) is -2.41. The van der Waals surface area contributed by atoms with Crippen molar-refractivity contribution < 1.29 is 49.0 Å². The number of hydrogen-bond donors (Lipinski definition) is 4. The maximum atomic E-state index is 12.1. The number of aliphatic hydroxyl groups is 1. The van der Waals surface area contributed by atoms with Crippen LogP contribution >= 0.6 is 11.6 Å². The van der Waals surface area contributed by atoms with Gasteiger partial charge < -0.3 is 34.6 Å². The van der Waals surface area contributed by atoms with Gasteiger partial charge in [-0.2, -0.15) is 0 Å². The topological polar surface area (TPSA) is 163 Å². The lowest BCUT2D eigenvalue weighted by molar-refractivity contribution is -0.188. The second-order valence-electron chi connectivity index (χ2n) is 8.19. The third-order valence-corrected chi connectivity index (χ3v) is 6.05. The van der Waals surface area contributed by atoms with Gasteiger partial charge in [0.05, 0.1) is 20.1 Å². The molecule has 3 rings (SSSR count). The Balaban J connectivity index is 1.97. The maximum Gasteiger partial charge on any atom is 0.338 e. The highest BCUT2D eigenvalue weighted by atomic mass is 35.5. The van der Waals surface area contributed by atoms with Gasteiger partial charge >= 0.3 is 17.9 Å². The van der Waals surface area contributed by atoms with Crippen molar-refractivity contribution in [1.29, 1.82) is 0 Å².